The largest absolute Gasteiger partial charge is 0.497 e. The number of hydrogen-bond donors (Lipinski definition) is 1. The number of anilines is 1. The summed E-state index contributed by atoms with van der Waals surface area (Å²) in [7, 11) is 1.64. The Labute approximate surface area is 155 Å². The maximum Gasteiger partial charge on any atom is 0.327 e. The first-order chi connectivity index (χ1) is 13.1. The molecule has 27 heavy (non-hydrogen) atoms. The van der Waals surface area contributed by atoms with Gasteiger partial charge in [0, 0.05) is 35.8 Å². The second-order valence-corrected chi connectivity index (χ2v) is 6.40. The lowest BCUT2D eigenvalue weighted by atomic mass is 9.98. The summed E-state index contributed by atoms with van der Waals surface area (Å²) >= 11 is 0. The van der Waals surface area contributed by atoms with Crippen molar-refractivity contribution in [3.8, 4) is 5.75 Å². The number of nitrogens with zero attached hydrogens (tertiary/aromatic N) is 2. The van der Waals surface area contributed by atoms with Crippen molar-refractivity contribution in [2.75, 3.05) is 25.1 Å². The number of halogens is 1. The second-order valence-electron chi connectivity index (χ2n) is 6.40. The SMILES string of the molecule is COc1ccc2[nH]cc(C3=CCN(c4cccc(F)c4[N+](=O)[O-])CC3)c2c1. The average Bonchev–Trinajstić information content (AvgIpc) is 3.10. The first-order valence-corrected chi connectivity index (χ1v) is 8.61. The highest BCUT2D eigenvalue weighted by atomic mass is 19.1. The molecule has 138 valence electrons. The lowest BCUT2D eigenvalue weighted by Gasteiger charge is -2.28. The number of hydrogen-bond acceptors (Lipinski definition) is 4. The first-order valence-electron chi connectivity index (χ1n) is 8.61. The molecule has 1 aromatic heterocycles. The Morgan fingerprint density at radius 1 is 1.30 bits per heavy atom. The number of fused-ring (bicyclic) bond motifs is 1. The molecule has 0 saturated heterocycles. The van der Waals surface area contributed by atoms with Gasteiger partial charge in [-0.15, -0.1) is 0 Å². The molecule has 0 amide bonds. The van der Waals surface area contributed by atoms with Gasteiger partial charge in [0.1, 0.15) is 11.4 Å². The summed E-state index contributed by atoms with van der Waals surface area (Å²) < 4.78 is 19.2. The minimum absolute atomic E-state index is 0.316. The van der Waals surface area contributed by atoms with Gasteiger partial charge < -0.3 is 14.6 Å². The van der Waals surface area contributed by atoms with E-state index in [0.29, 0.717) is 25.2 Å². The number of aromatic amines is 1. The van der Waals surface area contributed by atoms with Crippen LogP contribution in [0.4, 0.5) is 15.8 Å². The van der Waals surface area contributed by atoms with Crippen molar-refractivity contribution in [1.29, 1.82) is 0 Å². The van der Waals surface area contributed by atoms with Crippen LogP contribution in [-0.2, 0) is 0 Å². The Morgan fingerprint density at radius 3 is 2.85 bits per heavy atom. The molecule has 6 nitrogen and oxygen atoms in total. The van der Waals surface area contributed by atoms with Gasteiger partial charge in [0.15, 0.2) is 0 Å². The van der Waals surface area contributed by atoms with Gasteiger partial charge in [-0.1, -0.05) is 12.1 Å². The Bertz CT molecular complexity index is 1060. The van der Waals surface area contributed by atoms with Gasteiger partial charge >= 0.3 is 5.69 Å². The molecule has 2 heterocycles. The number of ether oxygens (including phenoxy) is 1. The minimum atomic E-state index is -0.809. The Kier molecular flexibility index (Phi) is 4.27. The van der Waals surface area contributed by atoms with Gasteiger partial charge in [-0.25, -0.2) is 0 Å². The zero-order chi connectivity index (χ0) is 19.0. The number of nitro groups is 1. The molecular weight excluding hydrogens is 349 g/mol. The van der Waals surface area contributed by atoms with Crippen LogP contribution in [0.5, 0.6) is 5.75 Å². The summed E-state index contributed by atoms with van der Waals surface area (Å²) in [6.45, 7) is 1.06. The number of nitrogens with one attached hydrogen (secondary N) is 1. The molecule has 4 rings (SSSR count). The van der Waals surface area contributed by atoms with E-state index in [1.807, 2.05) is 35.4 Å². The molecule has 1 N–H and O–H groups in total. The van der Waals surface area contributed by atoms with E-state index in [9.17, 15) is 14.5 Å². The number of benzene rings is 2. The van der Waals surface area contributed by atoms with Crippen LogP contribution >= 0.6 is 0 Å². The number of methoxy groups -OCH3 is 1. The van der Waals surface area contributed by atoms with Crippen molar-refractivity contribution < 1.29 is 14.1 Å². The zero-order valence-corrected chi connectivity index (χ0v) is 14.7. The van der Waals surface area contributed by atoms with E-state index in [1.54, 1.807) is 13.2 Å². The molecule has 1 aliphatic heterocycles. The van der Waals surface area contributed by atoms with Gasteiger partial charge in [0.2, 0.25) is 5.82 Å². The minimum Gasteiger partial charge on any atom is -0.497 e. The molecule has 0 saturated carbocycles. The lowest BCUT2D eigenvalue weighted by molar-refractivity contribution is -0.386. The molecule has 2 aromatic carbocycles. The fourth-order valence-electron chi connectivity index (χ4n) is 3.56. The van der Waals surface area contributed by atoms with Crippen LogP contribution in [-0.4, -0.2) is 30.1 Å². The van der Waals surface area contributed by atoms with Crippen LogP contribution in [0.25, 0.3) is 16.5 Å². The van der Waals surface area contributed by atoms with Crippen molar-refractivity contribution in [3.63, 3.8) is 0 Å². The Hall–Kier alpha value is -3.35. The quantitative estimate of drug-likeness (QED) is 0.544. The Morgan fingerprint density at radius 2 is 2.15 bits per heavy atom. The summed E-state index contributed by atoms with van der Waals surface area (Å²) in [5, 5.41) is 12.3. The third-order valence-corrected chi connectivity index (χ3v) is 4.93. The predicted molar refractivity (Wildman–Crippen MR) is 103 cm³/mol. The van der Waals surface area contributed by atoms with Crippen molar-refractivity contribution in [3.05, 3.63) is 70.2 Å². The summed E-state index contributed by atoms with van der Waals surface area (Å²) in [5.74, 6) is -0.0206. The van der Waals surface area contributed by atoms with Crippen LogP contribution < -0.4 is 9.64 Å². The molecule has 7 heteroatoms. The molecule has 0 radical (unpaired) electrons. The van der Waals surface area contributed by atoms with E-state index in [0.717, 1.165) is 33.9 Å². The van der Waals surface area contributed by atoms with Gasteiger partial charge in [0.05, 0.1) is 12.0 Å². The molecule has 1 aliphatic rings. The fourth-order valence-corrected chi connectivity index (χ4v) is 3.56. The van der Waals surface area contributed by atoms with Crippen molar-refractivity contribution >= 4 is 27.9 Å². The van der Waals surface area contributed by atoms with Crippen LogP contribution in [0.3, 0.4) is 0 Å². The number of nitro benzene ring substituents is 1. The van der Waals surface area contributed by atoms with Crippen molar-refractivity contribution in [2.24, 2.45) is 0 Å². The maximum absolute atomic E-state index is 13.9. The van der Waals surface area contributed by atoms with Crippen molar-refractivity contribution in [1.82, 2.24) is 4.98 Å². The van der Waals surface area contributed by atoms with Crippen LogP contribution in [0.15, 0.2) is 48.7 Å². The smallest absolute Gasteiger partial charge is 0.327 e. The van der Waals surface area contributed by atoms with E-state index in [2.05, 4.69) is 4.98 Å². The zero-order valence-electron chi connectivity index (χ0n) is 14.7. The molecule has 0 fully saturated rings. The van der Waals surface area contributed by atoms with Crippen LogP contribution in [0, 0.1) is 15.9 Å². The maximum atomic E-state index is 13.9. The normalized spacial score (nSPS) is 14.3. The van der Waals surface area contributed by atoms with E-state index < -0.39 is 16.4 Å². The third-order valence-electron chi connectivity index (χ3n) is 4.93. The lowest BCUT2D eigenvalue weighted by Crippen LogP contribution is -2.29. The molecule has 0 spiro atoms. The number of para-hydroxylation sites is 1. The molecule has 3 aromatic rings. The molecule has 0 atom stereocenters. The molecule has 0 aliphatic carbocycles. The number of H-pyrrole nitrogens is 1. The third kappa shape index (κ3) is 3.01. The number of aromatic nitrogens is 1. The van der Waals surface area contributed by atoms with E-state index in [-0.39, 0.29) is 0 Å². The fraction of sp³-hybridized carbons (Fsp3) is 0.200. The highest BCUT2D eigenvalue weighted by Crippen LogP contribution is 2.35. The van der Waals surface area contributed by atoms with E-state index in [1.165, 1.54) is 6.07 Å². The van der Waals surface area contributed by atoms with Crippen LogP contribution in [0.1, 0.15) is 12.0 Å². The monoisotopic (exact) mass is 367 g/mol. The van der Waals surface area contributed by atoms with Gasteiger partial charge in [0.25, 0.3) is 0 Å². The topological polar surface area (TPSA) is 71.4 Å². The van der Waals surface area contributed by atoms with Crippen molar-refractivity contribution in [2.45, 2.75) is 6.42 Å². The molecular formula is C20H18FN3O3. The highest BCUT2D eigenvalue weighted by molar-refractivity contribution is 5.94. The van der Waals surface area contributed by atoms with Gasteiger partial charge in [-0.05, 0) is 42.3 Å². The number of rotatable bonds is 4. The predicted octanol–water partition coefficient (Wildman–Crippen LogP) is 4.52. The Balaban J connectivity index is 1.65. The van der Waals surface area contributed by atoms with E-state index >= 15 is 0 Å². The summed E-state index contributed by atoms with van der Waals surface area (Å²) in [6, 6.07) is 10.1. The summed E-state index contributed by atoms with van der Waals surface area (Å²) in [4.78, 5) is 15.7. The second kappa shape index (κ2) is 6.75. The van der Waals surface area contributed by atoms with Gasteiger partial charge in [-0.2, -0.15) is 4.39 Å². The summed E-state index contributed by atoms with van der Waals surface area (Å²) in [5.41, 5.74) is 3.12. The standard InChI is InChI=1S/C20H18FN3O3/c1-27-14-5-6-18-15(11-14)16(12-22-18)13-7-9-23(10-8-13)19-4-2-3-17(21)20(19)24(25)26/h2-7,11-12,22H,8-10H2,1H3. The highest BCUT2D eigenvalue weighted by Gasteiger charge is 2.25. The first kappa shape index (κ1) is 17.1. The molecule has 0 unspecified atom stereocenters. The van der Waals surface area contributed by atoms with Gasteiger partial charge in [-0.3, -0.25) is 10.1 Å². The van der Waals surface area contributed by atoms with E-state index in [4.69, 9.17) is 4.74 Å². The average molecular weight is 367 g/mol. The summed E-state index contributed by atoms with van der Waals surface area (Å²) in [6.07, 6.45) is 4.72. The molecule has 0 bridgehead atoms. The van der Waals surface area contributed by atoms with Crippen LogP contribution in [0.2, 0.25) is 0 Å².